The van der Waals surface area contributed by atoms with Gasteiger partial charge in [0, 0.05) is 0 Å². The van der Waals surface area contributed by atoms with E-state index in [0.717, 1.165) is 16.2 Å². The number of nitrogens with one attached hydrogen (secondary N) is 1. The smallest absolute Gasteiger partial charge is 0.166 e. The average molecular weight is 192 g/mol. The fourth-order valence-corrected chi connectivity index (χ4v) is 1.78. The molecule has 2 rings (SSSR count). The number of H-pyrrole nitrogens is 1. The highest BCUT2D eigenvalue weighted by molar-refractivity contribution is 7.98. The molecule has 0 radical (unpaired) electrons. The zero-order valence-electron chi connectivity index (χ0n) is 8.01. The highest BCUT2D eigenvalue weighted by atomic mass is 32.2. The van der Waals surface area contributed by atoms with Gasteiger partial charge in [0.05, 0.1) is 11.0 Å². The molecule has 0 saturated heterocycles. The van der Waals surface area contributed by atoms with Crippen LogP contribution in [0.2, 0.25) is 0 Å². The maximum Gasteiger partial charge on any atom is 0.166 e. The van der Waals surface area contributed by atoms with E-state index in [9.17, 15) is 0 Å². The van der Waals surface area contributed by atoms with Crippen molar-refractivity contribution in [3.63, 3.8) is 0 Å². The normalized spacial score (nSPS) is 11.0. The lowest BCUT2D eigenvalue weighted by Gasteiger charge is -1.97. The number of aromatic nitrogens is 2. The Balaban J connectivity index is 2.76. The molecule has 0 aliphatic rings. The number of aryl methyl sites for hydroxylation is 2. The minimum atomic E-state index is 0.990. The second kappa shape index (κ2) is 3.07. The topological polar surface area (TPSA) is 28.7 Å². The lowest BCUT2D eigenvalue weighted by molar-refractivity contribution is 1.08. The standard InChI is InChI=1S/C10H12N2S/c1-6-4-5-8-9(7(6)2)12-10(11-8)13-3/h4-5H,1-3H3,(H,11,12). The third-order valence-electron chi connectivity index (χ3n) is 2.35. The predicted octanol–water partition coefficient (Wildman–Crippen LogP) is 2.90. The van der Waals surface area contributed by atoms with Gasteiger partial charge in [-0.2, -0.15) is 0 Å². The van der Waals surface area contributed by atoms with Crippen molar-refractivity contribution in [3.05, 3.63) is 23.3 Å². The number of thioether (sulfide) groups is 1. The van der Waals surface area contributed by atoms with Crippen LogP contribution in [0.4, 0.5) is 0 Å². The summed E-state index contributed by atoms with van der Waals surface area (Å²) in [7, 11) is 0. The molecule has 68 valence electrons. The number of hydrogen-bond donors (Lipinski definition) is 1. The first kappa shape index (κ1) is 8.63. The second-order valence-electron chi connectivity index (χ2n) is 3.15. The molecule has 0 spiro atoms. The Bertz CT molecular complexity index is 445. The van der Waals surface area contributed by atoms with Crippen LogP contribution in [-0.4, -0.2) is 16.2 Å². The maximum atomic E-state index is 4.50. The number of imidazole rings is 1. The molecule has 1 heterocycles. The Labute approximate surface area is 81.8 Å². The van der Waals surface area contributed by atoms with Gasteiger partial charge in [-0.1, -0.05) is 17.8 Å². The fraction of sp³-hybridized carbons (Fsp3) is 0.300. The van der Waals surface area contributed by atoms with Crippen LogP contribution >= 0.6 is 11.8 Å². The van der Waals surface area contributed by atoms with Gasteiger partial charge >= 0.3 is 0 Å². The molecular formula is C10H12N2S. The minimum absolute atomic E-state index is 0.990. The van der Waals surface area contributed by atoms with Crippen LogP contribution < -0.4 is 0 Å². The maximum absolute atomic E-state index is 4.50. The van der Waals surface area contributed by atoms with E-state index in [-0.39, 0.29) is 0 Å². The molecule has 13 heavy (non-hydrogen) atoms. The summed E-state index contributed by atoms with van der Waals surface area (Å²) in [4.78, 5) is 7.76. The number of benzene rings is 1. The molecule has 0 fully saturated rings. The van der Waals surface area contributed by atoms with E-state index >= 15 is 0 Å². The van der Waals surface area contributed by atoms with Crippen molar-refractivity contribution < 1.29 is 0 Å². The largest absolute Gasteiger partial charge is 0.333 e. The number of hydrogen-bond acceptors (Lipinski definition) is 2. The van der Waals surface area contributed by atoms with Crippen molar-refractivity contribution in [1.29, 1.82) is 0 Å². The van der Waals surface area contributed by atoms with Crippen LogP contribution in [0.25, 0.3) is 11.0 Å². The molecule has 0 aliphatic heterocycles. The van der Waals surface area contributed by atoms with Crippen LogP contribution in [-0.2, 0) is 0 Å². The van der Waals surface area contributed by atoms with Crippen molar-refractivity contribution in [2.24, 2.45) is 0 Å². The SMILES string of the molecule is CSc1nc2c(C)c(C)ccc2[nH]1. The van der Waals surface area contributed by atoms with Crippen molar-refractivity contribution >= 4 is 22.8 Å². The van der Waals surface area contributed by atoms with Crippen molar-refractivity contribution in [2.75, 3.05) is 6.26 Å². The summed E-state index contributed by atoms with van der Waals surface area (Å²) in [5.74, 6) is 0. The van der Waals surface area contributed by atoms with E-state index in [1.807, 2.05) is 6.26 Å². The van der Waals surface area contributed by atoms with Gasteiger partial charge in [-0.15, -0.1) is 0 Å². The van der Waals surface area contributed by atoms with Gasteiger partial charge in [-0.25, -0.2) is 4.98 Å². The van der Waals surface area contributed by atoms with Gasteiger partial charge < -0.3 is 4.98 Å². The third-order valence-corrected chi connectivity index (χ3v) is 2.93. The molecule has 1 N–H and O–H groups in total. The Morgan fingerprint density at radius 3 is 2.77 bits per heavy atom. The van der Waals surface area contributed by atoms with E-state index in [0.29, 0.717) is 0 Å². The van der Waals surface area contributed by atoms with E-state index in [4.69, 9.17) is 0 Å². The minimum Gasteiger partial charge on any atom is -0.333 e. The highest BCUT2D eigenvalue weighted by Gasteiger charge is 2.05. The molecule has 1 aromatic heterocycles. The number of aromatic amines is 1. The molecule has 0 unspecified atom stereocenters. The lowest BCUT2D eigenvalue weighted by atomic mass is 10.1. The Morgan fingerprint density at radius 2 is 2.08 bits per heavy atom. The Kier molecular flexibility index (Phi) is 2.04. The Morgan fingerprint density at radius 1 is 1.31 bits per heavy atom. The highest BCUT2D eigenvalue weighted by Crippen LogP contribution is 2.22. The van der Waals surface area contributed by atoms with Crippen LogP contribution in [0.3, 0.4) is 0 Å². The summed E-state index contributed by atoms with van der Waals surface area (Å²) >= 11 is 1.64. The predicted molar refractivity (Wildman–Crippen MR) is 57.3 cm³/mol. The summed E-state index contributed by atoms with van der Waals surface area (Å²) in [5.41, 5.74) is 4.80. The van der Waals surface area contributed by atoms with Gasteiger partial charge in [0.1, 0.15) is 0 Å². The van der Waals surface area contributed by atoms with Crippen LogP contribution in [0, 0.1) is 13.8 Å². The Hall–Kier alpha value is -0.960. The zero-order chi connectivity index (χ0) is 9.42. The van der Waals surface area contributed by atoms with Crippen LogP contribution in [0.15, 0.2) is 17.3 Å². The zero-order valence-corrected chi connectivity index (χ0v) is 8.83. The van der Waals surface area contributed by atoms with Crippen molar-refractivity contribution in [3.8, 4) is 0 Å². The van der Waals surface area contributed by atoms with E-state index in [1.165, 1.54) is 11.1 Å². The van der Waals surface area contributed by atoms with Gasteiger partial charge in [0.15, 0.2) is 5.16 Å². The van der Waals surface area contributed by atoms with Crippen molar-refractivity contribution in [1.82, 2.24) is 9.97 Å². The summed E-state index contributed by atoms with van der Waals surface area (Å²) in [6, 6.07) is 4.21. The number of rotatable bonds is 1. The van der Waals surface area contributed by atoms with Gasteiger partial charge in [-0.05, 0) is 37.3 Å². The first-order valence-electron chi connectivity index (χ1n) is 4.22. The van der Waals surface area contributed by atoms with Gasteiger partial charge in [0.25, 0.3) is 0 Å². The molecule has 0 amide bonds. The first-order valence-corrected chi connectivity index (χ1v) is 5.45. The van der Waals surface area contributed by atoms with E-state index in [2.05, 4.69) is 35.9 Å². The van der Waals surface area contributed by atoms with Gasteiger partial charge in [-0.3, -0.25) is 0 Å². The van der Waals surface area contributed by atoms with Crippen LogP contribution in [0.1, 0.15) is 11.1 Å². The monoisotopic (exact) mass is 192 g/mol. The average Bonchev–Trinajstić information content (AvgIpc) is 2.55. The molecule has 0 saturated carbocycles. The third kappa shape index (κ3) is 1.33. The van der Waals surface area contributed by atoms with Crippen LogP contribution in [0.5, 0.6) is 0 Å². The molecule has 1 aromatic carbocycles. The fourth-order valence-electron chi connectivity index (χ4n) is 1.39. The molecule has 2 aromatic rings. The van der Waals surface area contributed by atoms with Gasteiger partial charge in [0.2, 0.25) is 0 Å². The number of fused-ring (bicyclic) bond motifs is 1. The first-order chi connectivity index (χ1) is 6.22. The molecular weight excluding hydrogens is 180 g/mol. The molecule has 2 nitrogen and oxygen atoms in total. The quantitative estimate of drug-likeness (QED) is 0.704. The molecule has 0 aliphatic carbocycles. The molecule has 3 heteroatoms. The molecule has 0 atom stereocenters. The second-order valence-corrected chi connectivity index (χ2v) is 3.94. The van der Waals surface area contributed by atoms with Crippen molar-refractivity contribution in [2.45, 2.75) is 19.0 Å². The summed E-state index contributed by atoms with van der Waals surface area (Å²) in [6.07, 6.45) is 2.03. The lowest BCUT2D eigenvalue weighted by Crippen LogP contribution is -1.81. The van der Waals surface area contributed by atoms with E-state index < -0.39 is 0 Å². The summed E-state index contributed by atoms with van der Waals surface area (Å²) in [5, 5.41) is 0.990. The van der Waals surface area contributed by atoms with E-state index in [1.54, 1.807) is 11.8 Å². The molecule has 0 bridgehead atoms. The number of nitrogens with zero attached hydrogens (tertiary/aromatic N) is 1. The summed E-state index contributed by atoms with van der Waals surface area (Å²) < 4.78 is 0. The summed E-state index contributed by atoms with van der Waals surface area (Å²) in [6.45, 7) is 4.23.